The van der Waals surface area contributed by atoms with Crippen molar-refractivity contribution in [3.05, 3.63) is 71.8 Å². The number of urea groups is 1. The Labute approximate surface area is 173 Å². The van der Waals surface area contributed by atoms with E-state index in [-0.39, 0.29) is 5.69 Å². The number of anilines is 2. The van der Waals surface area contributed by atoms with E-state index < -0.39 is 17.7 Å². The predicted molar refractivity (Wildman–Crippen MR) is 111 cm³/mol. The van der Waals surface area contributed by atoms with Crippen LogP contribution < -0.4 is 10.2 Å². The van der Waals surface area contributed by atoms with Crippen LogP contribution in [0.25, 0.3) is 11.3 Å². The summed E-state index contributed by atoms with van der Waals surface area (Å²) >= 11 is 0. The van der Waals surface area contributed by atoms with Gasteiger partial charge in [0.1, 0.15) is 11.6 Å². The summed E-state index contributed by atoms with van der Waals surface area (Å²) in [6.45, 7) is 4.04. The van der Waals surface area contributed by atoms with Crippen LogP contribution in [0.15, 0.2) is 54.6 Å². The van der Waals surface area contributed by atoms with Gasteiger partial charge in [-0.05, 0) is 36.8 Å². The molecule has 0 bridgehead atoms. The SMILES string of the molecule is Cc1ccccc1-c1ccc(N2CCN(C(=O)Nc3cc(F)ccc3F)CC2)nn1. The van der Waals surface area contributed by atoms with Crippen molar-refractivity contribution in [3.63, 3.8) is 0 Å². The number of piperazine rings is 1. The number of halogens is 2. The highest BCUT2D eigenvalue weighted by atomic mass is 19.1. The molecule has 8 heteroatoms. The van der Waals surface area contributed by atoms with Crippen molar-refractivity contribution in [1.82, 2.24) is 15.1 Å². The third kappa shape index (κ3) is 4.22. The van der Waals surface area contributed by atoms with Crippen LogP contribution in [0, 0.1) is 18.6 Å². The fraction of sp³-hybridized carbons (Fsp3) is 0.227. The molecule has 154 valence electrons. The number of rotatable bonds is 3. The summed E-state index contributed by atoms with van der Waals surface area (Å²) in [5.74, 6) is -0.541. The van der Waals surface area contributed by atoms with Gasteiger partial charge in [0.15, 0.2) is 5.82 Å². The van der Waals surface area contributed by atoms with Crippen molar-refractivity contribution in [2.75, 3.05) is 36.4 Å². The second kappa shape index (κ2) is 8.44. The quantitative estimate of drug-likeness (QED) is 0.708. The Morgan fingerprint density at radius 3 is 2.43 bits per heavy atom. The van der Waals surface area contributed by atoms with Crippen molar-refractivity contribution >= 4 is 17.5 Å². The molecule has 30 heavy (non-hydrogen) atoms. The molecule has 0 aliphatic carbocycles. The van der Waals surface area contributed by atoms with E-state index in [0.29, 0.717) is 26.2 Å². The van der Waals surface area contributed by atoms with Gasteiger partial charge in [0.05, 0.1) is 11.4 Å². The summed E-state index contributed by atoms with van der Waals surface area (Å²) in [5.41, 5.74) is 2.82. The Balaban J connectivity index is 1.37. The Morgan fingerprint density at radius 2 is 1.73 bits per heavy atom. The Kier molecular flexibility index (Phi) is 5.56. The third-order valence-electron chi connectivity index (χ3n) is 5.13. The molecule has 1 aliphatic rings. The number of aryl methyl sites for hydroxylation is 1. The number of carbonyl (C=O) groups is 1. The molecule has 1 aromatic heterocycles. The molecule has 2 aromatic carbocycles. The minimum Gasteiger partial charge on any atom is -0.352 e. The molecule has 1 saturated heterocycles. The number of hydrogen-bond acceptors (Lipinski definition) is 4. The number of hydrogen-bond donors (Lipinski definition) is 1. The summed E-state index contributed by atoms with van der Waals surface area (Å²) < 4.78 is 27.0. The summed E-state index contributed by atoms with van der Waals surface area (Å²) in [5, 5.41) is 11.1. The zero-order chi connectivity index (χ0) is 21.1. The molecule has 1 fully saturated rings. The maximum Gasteiger partial charge on any atom is 0.322 e. The number of benzene rings is 2. The van der Waals surface area contributed by atoms with Gasteiger partial charge in [0.25, 0.3) is 0 Å². The highest BCUT2D eigenvalue weighted by Crippen LogP contribution is 2.22. The molecular formula is C22H21F2N5O. The summed E-state index contributed by atoms with van der Waals surface area (Å²) in [6.07, 6.45) is 0. The third-order valence-corrected chi connectivity index (χ3v) is 5.13. The Hall–Kier alpha value is -3.55. The average molecular weight is 409 g/mol. The van der Waals surface area contributed by atoms with Gasteiger partial charge in [-0.25, -0.2) is 13.6 Å². The maximum absolute atomic E-state index is 13.7. The highest BCUT2D eigenvalue weighted by Gasteiger charge is 2.23. The van der Waals surface area contributed by atoms with E-state index in [1.807, 2.05) is 48.2 Å². The molecular weight excluding hydrogens is 388 g/mol. The first-order chi connectivity index (χ1) is 14.5. The van der Waals surface area contributed by atoms with Crippen molar-refractivity contribution < 1.29 is 13.6 Å². The smallest absolute Gasteiger partial charge is 0.322 e. The topological polar surface area (TPSA) is 61.4 Å². The standard InChI is InChI=1S/C22H21F2N5O/c1-15-4-2-3-5-17(15)19-8-9-21(27-26-19)28-10-12-29(13-11-28)22(30)25-20-14-16(23)6-7-18(20)24/h2-9,14H,10-13H2,1H3,(H,25,30). The van der Waals surface area contributed by atoms with Crippen molar-refractivity contribution in [2.24, 2.45) is 0 Å². The van der Waals surface area contributed by atoms with Crippen LogP contribution in [0.1, 0.15) is 5.56 Å². The molecule has 4 rings (SSSR count). The van der Waals surface area contributed by atoms with Gasteiger partial charge in [-0.2, -0.15) is 0 Å². The second-order valence-corrected chi connectivity index (χ2v) is 7.12. The van der Waals surface area contributed by atoms with E-state index in [1.165, 1.54) is 0 Å². The number of nitrogens with one attached hydrogen (secondary N) is 1. The predicted octanol–water partition coefficient (Wildman–Crippen LogP) is 4.08. The first kappa shape index (κ1) is 19.8. The number of carbonyl (C=O) groups excluding carboxylic acids is 1. The van der Waals surface area contributed by atoms with E-state index in [2.05, 4.69) is 15.5 Å². The van der Waals surface area contributed by atoms with E-state index >= 15 is 0 Å². The molecule has 0 radical (unpaired) electrons. The van der Waals surface area contributed by atoms with Gasteiger partial charge in [0, 0.05) is 37.8 Å². The maximum atomic E-state index is 13.7. The van der Waals surface area contributed by atoms with E-state index in [4.69, 9.17) is 0 Å². The molecule has 1 aliphatic heterocycles. The minimum atomic E-state index is -0.674. The van der Waals surface area contributed by atoms with Crippen LogP contribution in [0.2, 0.25) is 0 Å². The fourth-order valence-corrected chi connectivity index (χ4v) is 3.42. The minimum absolute atomic E-state index is 0.167. The number of aromatic nitrogens is 2. The zero-order valence-corrected chi connectivity index (χ0v) is 16.5. The molecule has 0 saturated carbocycles. The van der Waals surface area contributed by atoms with Crippen molar-refractivity contribution in [3.8, 4) is 11.3 Å². The lowest BCUT2D eigenvalue weighted by atomic mass is 10.1. The fourth-order valence-electron chi connectivity index (χ4n) is 3.42. The Morgan fingerprint density at radius 1 is 0.967 bits per heavy atom. The largest absolute Gasteiger partial charge is 0.352 e. The second-order valence-electron chi connectivity index (χ2n) is 7.12. The lowest BCUT2D eigenvalue weighted by Gasteiger charge is -2.35. The van der Waals surface area contributed by atoms with Gasteiger partial charge >= 0.3 is 6.03 Å². The molecule has 0 atom stereocenters. The van der Waals surface area contributed by atoms with Crippen LogP contribution in [0.5, 0.6) is 0 Å². The average Bonchev–Trinajstić information content (AvgIpc) is 2.77. The first-order valence-electron chi connectivity index (χ1n) is 9.67. The van der Waals surface area contributed by atoms with Gasteiger partial charge in [-0.1, -0.05) is 24.3 Å². The molecule has 6 nitrogen and oxygen atoms in total. The summed E-state index contributed by atoms with van der Waals surface area (Å²) in [6, 6.07) is 14.4. The van der Waals surface area contributed by atoms with Crippen LogP contribution in [-0.2, 0) is 0 Å². The molecule has 2 amide bonds. The van der Waals surface area contributed by atoms with Gasteiger partial charge < -0.3 is 15.1 Å². The van der Waals surface area contributed by atoms with Crippen LogP contribution in [0.4, 0.5) is 25.1 Å². The van der Waals surface area contributed by atoms with Crippen molar-refractivity contribution in [2.45, 2.75) is 6.92 Å². The van der Waals surface area contributed by atoms with Gasteiger partial charge in [-0.15, -0.1) is 10.2 Å². The van der Waals surface area contributed by atoms with Crippen LogP contribution >= 0.6 is 0 Å². The number of nitrogens with zero attached hydrogens (tertiary/aromatic N) is 4. The van der Waals surface area contributed by atoms with Crippen LogP contribution in [0.3, 0.4) is 0 Å². The molecule has 3 aromatic rings. The zero-order valence-electron chi connectivity index (χ0n) is 16.5. The normalized spacial score (nSPS) is 14.0. The summed E-state index contributed by atoms with van der Waals surface area (Å²) in [4.78, 5) is 16.0. The summed E-state index contributed by atoms with van der Waals surface area (Å²) in [7, 11) is 0. The molecule has 2 heterocycles. The Bertz CT molecular complexity index is 1050. The van der Waals surface area contributed by atoms with Crippen LogP contribution in [-0.4, -0.2) is 47.3 Å². The van der Waals surface area contributed by atoms with Gasteiger partial charge in [0.2, 0.25) is 0 Å². The first-order valence-corrected chi connectivity index (χ1v) is 9.67. The van der Waals surface area contributed by atoms with E-state index in [9.17, 15) is 13.6 Å². The highest BCUT2D eigenvalue weighted by molar-refractivity contribution is 5.89. The lowest BCUT2D eigenvalue weighted by molar-refractivity contribution is 0.208. The molecule has 1 N–H and O–H groups in total. The van der Waals surface area contributed by atoms with E-state index in [0.717, 1.165) is 40.8 Å². The monoisotopic (exact) mass is 409 g/mol. The number of amides is 2. The van der Waals surface area contributed by atoms with E-state index in [1.54, 1.807) is 4.90 Å². The molecule has 0 unspecified atom stereocenters. The van der Waals surface area contributed by atoms with Gasteiger partial charge in [-0.3, -0.25) is 0 Å². The van der Waals surface area contributed by atoms with Crippen molar-refractivity contribution in [1.29, 1.82) is 0 Å². The lowest BCUT2D eigenvalue weighted by Crippen LogP contribution is -2.50. The molecule has 0 spiro atoms.